The normalized spacial score (nSPS) is 46.8. The molecule has 4 fully saturated rings. The number of carbonyl (C=O) groups excluding carboxylic acids is 1. The van der Waals surface area contributed by atoms with Crippen LogP contribution in [0.15, 0.2) is 0 Å². The van der Waals surface area contributed by atoms with Gasteiger partial charge in [-0.3, -0.25) is 4.79 Å². The molecule has 32 heavy (non-hydrogen) atoms. The zero-order valence-electron chi connectivity index (χ0n) is 21.7. The summed E-state index contributed by atoms with van der Waals surface area (Å²) in [6.45, 7) is 13.7. The van der Waals surface area contributed by atoms with Crippen LogP contribution in [0.5, 0.6) is 0 Å². The Morgan fingerprint density at radius 2 is 1.69 bits per heavy atom. The van der Waals surface area contributed by atoms with Gasteiger partial charge in [0.1, 0.15) is 6.10 Å². The number of hydrogen-bond donors (Lipinski definition) is 1. The molecule has 10 atom stereocenters. The molecule has 0 aromatic heterocycles. The van der Waals surface area contributed by atoms with Crippen molar-refractivity contribution in [2.24, 2.45) is 52.3 Å². The van der Waals surface area contributed by atoms with E-state index in [1.54, 1.807) is 0 Å². The second kappa shape index (κ2) is 9.23. The van der Waals surface area contributed by atoms with Crippen molar-refractivity contribution in [1.82, 2.24) is 0 Å². The fourth-order valence-corrected chi connectivity index (χ4v) is 9.67. The number of fused-ring (bicyclic) bond motifs is 5. The molecule has 0 aromatic rings. The summed E-state index contributed by atoms with van der Waals surface area (Å²) in [4.78, 5) is 11.7. The van der Waals surface area contributed by atoms with Crippen molar-refractivity contribution in [3.63, 3.8) is 0 Å². The number of rotatable bonds is 6. The zero-order valence-corrected chi connectivity index (χ0v) is 21.7. The van der Waals surface area contributed by atoms with Gasteiger partial charge in [-0.05, 0) is 98.2 Å². The summed E-state index contributed by atoms with van der Waals surface area (Å²) in [6.07, 6.45) is 13.2. The smallest absolute Gasteiger partial charge is 0.302 e. The van der Waals surface area contributed by atoms with E-state index >= 15 is 0 Å². The minimum Gasteiger partial charge on any atom is -0.460 e. The van der Waals surface area contributed by atoms with Crippen LogP contribution < -0.4 is 0 Å². The van der Waals surface area contributed by atoms with Gasteiger partial charge >= 0.3 is 5.97 Å². The van der Waals surface area contributed by atoms with E-state index in [1.807, 2.05) is 0 Å². The van der Waals surface area contributed by atoms with E-state index in [1.165, 1.54) is 64.7 Å². The highest BCUT2D eigenvalue weighted by molar-refractivity contribution is 5.66. The maximum Gasteiger partial charge on any atom is 0.302 e. The van der Waals surface area contributed by atoms with E-state index in [0.29, 0.717) is 17.3 Å². The van der Waals surface area contributed by atoms with Crippen LogP contribution in [0, 0.1) is 52.3 Å². The second-order valence-electron chi connectivity index (χ2n) is 13.2. The average Bonchev–Trinajstić information content (AvgIpc) is 3.07. The van der Waals surface area contributed by atoms with Gasteiger partial charge in [0.15, 0.2) is 0 Å². The van der Waals surface area contributed by atoms with Gasteiger partial charge in [0, 0.05) is 12.3 Å². The van der Waals surface area contributed by atoms with E-state index < -0.39 is 6.10 Å². The van der Waals surface area contributed by atoms with E-state index in [2.05, 4.69) is 34.6 Å². The van der Waals surface area contributed by atoms with Gasteiger partial charge in [0.2, 0.25) is 0 Å². The summed E-state index contributed by atoms with van der Waals surface area (Å²) < 4.78 is 5.62. The molecule has 1 N–H and O–H groups in total. The first kappa shape index (κ1) is 24.6. The van der Waals surface area contributed by atoms with Crippen LogP contribution in [-0.2, 0) is 9.53 Å². The third-order valence-corrected chi connectivity index (χ3v) is 11.3. The second-order valence-corrected chi connectivity index (χ2v) is 13.2. The van der Waals surface area contributed by atoms with Crippen molar-refractivity contribution in [1.29, 1.82) is 0 Å². The summed E-state index contributed by atoms with van der Waals surface area (Å²) in [5, 5.41) is 11.5. The lowest BCUT2D eigenvalue weighted by Gasteiger charge is -2.62. The highest BCUT2D eigenvalue weighted by atomic mass is 16.6. The molecule has 184 valence electrons. The first-order valence-corrected chi connectivity index (χ1v) is 13.9. The van der Waals surface area contributed by atoms with Gasteiger partial charge in [-0.2, -0.15) is 0 Å². The minimum atomic E-state index is -0.505. The zero-order chi connectivity index (χ0) is 23.3. The van der Waals surface area contributed by atoms with E-state index in [4.69, 9.17) is 4.74 Å². The van der Waals surface area contributed by atoms with Crippen LogP contribution >= 0.6 is 0 Å². The maximum absolute atomic E-state index is 11.7. The molecule has 0 amide bonds. The molecule has 0 spiro atoms. The van der Waals surface area contributed by atoms with Gasteiger partial charge in [-0.1, -0.05) is 53.9 Å². The Labute approximate surface area is 197 Å². The fourth-order valence-electron chi connectivity index (χ4n) is 9.67. The van der Waals surface area contributed by atoms with Crippen molar-refractivity contribution in [2.75, 3.05) is 0 Å². The first-order valence-electron chi connectivity index (χ1n) is 13.9. The molecule has 0 unspecified atom stereocenters. The summed E-state index contributed by atoms with van der Waals surface area (Å²) in [6, 6.07) is 0. The number of esters is 1. The lowest BCUT2D eigenvalue weighted by Crippen LogP contribution is -2.61. The molecule has 4 aliphatic rings. The highest BCUT2D eigenvalue weighted by Gasteiger charge is 2.63. The number of aliphatic hydroxyl groups is 1. The highest BCUT2D eigenvalue weighted by Crippen LogP contribution is 2.68. The summed E-state index contributed by atoms with van der Waals surface area (Å²) in [5.41, 5.74) is 0.389. The molecule has 0 aromatic carbocycles. The first-order chi connectivity index (χ1) is 15.1. The van der Waals surface area contributed by atoms with E-state index in [-0.39, 0.29) is 17.5 Å². The average molecular weight is 447 g/mol. The van der Waals surface area contributed by atoms with Gasteiger partial charge in [-0.15, -0.1) is 0 Å². The molecule has 4 aliphatic carbocycles. The Bertz CT molecular complexity index is 673. The SMILES string of the molecule is CC(=O)O[C@@H]1CC[C@@H]2CC[C@H]3[C@@H]4CC[C@H]([C@H](C)CCCC(C)C)[C@@]4(C)CC[C@@H]3[C@@]2(C)[C@H]1O. The summed E-state index contributed by atoms with van der Waals surface area (Å²) in [7, 11) is 0. The predicted octanol–water partition coefficient (Wildman–Crippen LogP) is 7.01. The standard InChI is InChI=1S/C29H50O3/c1-18(2)8-7-9-19(3)23-13-14-24-22-12-10-21-11-15-26(32-20(4)30)27(31)29(21,6)25(22)16-17-28(23,24)5/h18-19,21-27,31H,7-17H2,1-6H3/t19-,21+,22+,23-,24+,25+,26-,27+,28-,29+/m1/s1. The number of ether oxygens (including phenoxy) is 1. The van der Waals surface area contributed by atoms with E-state index in [9.17, 15) is 9.90 Å². The van der Waals surface area contributed by atoms with Crippen LogP contribution in [0.4, 0.5) is 0 Å². The van der Waals surface area contributed by atoms with Crippen LogP contribution in [0.3, 0.4) is 0 Å². The molecule has 3 heteroatoms. The van der Waals surface area contributed by atoms with Crippen molar-refractivity contribution in [3.05, 3.63) is 0 Å². The molecule has 4 rings (SSSR count). The summed E-state index contributed by atoms with van der Waals surface area (Å²) in [5.74, 6) is 5.01. The fraction of sp³-hybridized carbons (Fsp3) is 0.966. The lowest BCUT2D eigenvalue weighted by atomic mass is 9.43. The number of hydrogen-bond acceptors (Lipinski definition) is 3. The Morgan fingerprint density at radius 1 is 0.969 bits per heavy atom. The van der Waals surface area contributed by atoms with Gasteiger partial charge < -0.3 is 9.84 Å². The Kier molecular flexibility index (Phi) is 7.08. The Balaban J connectivity index is 1.50. The molecule has 3 nitrogen and oxygen atoms in total. The Morgan fingerprint density at radius 3 is 2.38 bits per heavy atom. The molecule has 0 saturated heterocycles. The van der Waals surface area contributed by atoms with Gasteiger partial charge in [0.25, 0.3) is 0 Å². The third kappa shape index (κ3) is 4.07. The van der Waals surface area contributed by atoms with Gasteiger partial charge in [-0.25, -0.2) is 0 Å². The predicted molar refractivity (Wildman–Crippen MR) is 130 cm³/mol. The molecule has 0 heterocycles. The van der Waals surface area contributed by atoms with E-state index in [0.717, 1.165) is 42.4 Å². The molecule has 0 radical (unpaired) electrons. The van der Waals surface area contributed by atoms with Gasteiger partial charge in [0.05, 0.1) is 6.10 Å². The van der Waals surface area contributed by atoms with Crippen molar-refractivity contribution in [3.8, 4) is 0 Å². The Hall–Kier alpha value is -0.570. The summed E-state index contributed by atoms with van der Waals surface area (Å²) >= 11 is 0. The van der Waals surface area contributed by atoms with Crippen LogP contribution in [0.25, 0.3) is 0 Å². The van der Waals surface area contributed by atoms with Crippen molar-refractivity contribution in [2.45, 2.75) is 124 Å². The quantitative estimate of drug-likeness (QED) is 0.446. The number of carbonyl (C=O) groups is 1. The topological polar surface area (TPSA) is 46.5 Å². The van der Waals surface area contributed by atoms with Crippen LogP contribution in [0.2, 0.25) is 0 Å². The lowest BCUT2D eigenvalue weighted by molar-refractivity contribution is -0.207. The molecular weight excluding hydrogens is 396 g/mol. The van der Waals surface area contributed by atoms with Crippen LogP contribution in [0.1, 0.15) is 112 Å². The molecule has 0 bridgehead atoms. The maximum atomic E-state index is 11.7. The largest absolute Gasteiger partial charge is 0.460 e. The molecule has 0 aliphatic heterocycles. The molecule has 4 saturated carbocycles. The van der Waals surface area contributed by atoms with Crippen molar-refractivity contribution >= 4 is 5.97 Å². The molecular formula is C29H50O3. The van der Waals surface area contributed by atoms with Crippen molar-refractivity contribution < 1.29 is 14.6 Å². The monoisotopic (exact) mass is 446 g/mol. The minimum absolute atomic E-state index is 0.0937. The third-order valence-electron chi connectivity index (χ3n) is 11.3. The van der Waals surface area contributed by atoms with Crippen LogP contribution in [-0.4, -0.2) is 23.3 Å². The number of aliphatic hydroxyl groups excluding tert-OH is 1.